The van der Waals surface area contributed by atoms with Gasteiger partial charge in [0.1, 0.15) is 35.2 Å². The van der Waals surface area contributed by atoms with Crippen molar-refractivity contribution in [1.29, 1.82) is 0 Å². The van der Waals surface area contributed by atoms with E-state index in [1.807, 2.05) is 24.3 Å². The molecule has 2 N–H and O–H groups in total. The van der Waals surface area contributed by atoms with Gasteiger partial charge in [0.05, 0.1) is 0 Å². The van der Waals surface area contributed by atoms with Crippen LogP contribution in [0.3, 0.4) is 0 Å². The summed E-state index contributed by atoms with van der Waals surface area (Å²) in [7, 11) is 0. The summed E-state index contributed by atoms with van der Waals surface area (Å²) in [5.41, 5.74) is 2.45. The van der Waals surface area contributed by atoms with E-state index in [-0.39, 0.29) is 23.2 Å². The molecule has 0 bridgehead atoms. The highest BCUT2D eigenvalue weighted by Gasteiger charge is 2.30. The van der Waals surface area contributed by atoms with Crippen LogP contribution in [0.4, 0.5) is 0 Å². The predicted molar refractivity (Wildman–Crippen MR) is 130 cm³/mol. The van der Waals surface area contributed by atoms with Crippen molar-refractivity contribution in [3.8, 4) is 23.0 Å². The summed E-state index contributed by atoms with van der Waals surface area (Å²) in [6.45, 7) is 2.62. The minimum atomic E-state index is -2.45. The van der Waals surface area contributed by atoms with Crippen LogP contribution in [0, 0.1) is 0 Å². The molecule has 5 rings (SSSR count). The fourth-order valence-electron chi connectivity index (χ4n) is 4.46. The lowest BCUT2D eigenvalue weighted by Gasteiger charge is -2.38. The number of fused-ring (bicyclic) bond motifs is 1. The Hall–Kier alpha value is -3.44. The zero-order chi connectivity index (χ0) is 25.4. The molecule has 2 aliphatic rings. The number of rotatable bonds is 6. The highest BCUT2D eigenvalue weighted by atomic mass is 16.5. The second kappa shape index (κ2) is 8.83. The Kier molecular flexibility index (Phi) is 4.83. The lowest BCUT2D eigenvalue weighted by atomic mass is 9.86. The molecule has 170 valence electrons. The van der Waals surface area contributed by atoms with Gasteiger partial charge in [0.25, 0.3) is 0 Å². The van der Waals surface area contributed by atoms with Crippen LogP contribution in [0.1, 0.15) is 47.1 Å². The Balaban J connectivity index is 1.54. The minimum absolute atomic E-state index is 0.00756. The van der Waals surface area contributed by atoms with Crippen molar-refractivity contribution in [2.45, 2.75) is 32.4 Å². The van der Waals surface area contributed by atoms with Gasteiger partial charge >= 0.3 is 0 Å². The molecule has 5 nitrogen and oxygen atoms in total. The number of phenolic OH excluding ortho intramolecular Hbond substituents is 2. The molecule has 1 fully saturated rings. The molecule has 1 atom stereocenters. The van der Waals surface area contributed by atoms with Crippen LogP contribution < -0.4 is 9.47 Å². The summed E-state index contributed by atoms with van der Waals surface area (Å²) in [6, 6.07) is 18.4. The number of hydrogen-bond acceptors (Lipinski definition) is 5. The van der Waals surface area contributed by atoms with Gasteiger partial charge in [0.15, 0.2) is 0 Å². The van der Waals surface area contributed by atoms with Gasteiger partial charge in [0, 0.05) is 34.4 Å². The molecule has 33 heavy (non-hydrogen) atoms. The van der Waals surface area contributed by atoms with Crippen LogP contribution in [0.25, 0.3) is 11.1 Å². The first-order valence-corrected chi connectivity index (χ1v) is 11.3. The van der Waals surface area contributed by atoms with E-state index in [0.717, 1.165) is 37.4 Å². The predicted octanol–water partition coefficient (Wildman–Crippen LogP) is 5.64. The minimum Gasteiger partial charge on any atom is -0.508 e. The molecular formula is C28H29NO4. The molecule has 0 amide bonds. The Morgan fingerprint density at radius 1 is 1.00 bits per heavy atom. The molecule has 2 heterocycles. The molecule has 0 spiro atoms. The Labute approximate surface area is 198 Å². The first kappa shape index (κ1) is 18.0. The van der Waals surface area contributed by atoms with Gasteiger partial charge in [-0.3, -0.25) is 4.90 Å². The van der Waals surface area contributed by atoms with E-state index in [2.05, 4.69) is 11.8 Å². The van der Waals surface area contributed by atoms with Gasteiger partial charge in [-0.15, -0.1) is 0 Å². The molecule has 0 saturated carbocycles. The van der Waals surface area contributed by atoms with Crippen molar-refractivity contribution in [3.63, 3.8) is 0 Å². The molecule has 0 radical (unpaired) electrons. The maximum absolute atomic E-state index is 10.1. The molecule has 5 heteroatoms. The standard InChI is InChI=1S/C28H29NO4/c1-3-14-29-16-24(17-29)32-23-11-6-20(7-12-23)28-27(19-4-8-21(30)9-5-19)18(2)25-13-10-22(31)15-26(25)33-28/h4-13,15,24,28,30-31H,3,14,16-17H2,1-2H3/i2D3. The van der Waals surface area contributed by atoms with E-state index < -0.39 is 13.0 Å². The molecular weight excluding hydrogens is 414 g/mol. The summed E-state index contributed by atoms with van der Waals surface area (Å²) < 4.78 is 37.5. The van der Waals surface area contributed by atoms with E-state index in [0.29, 0.717) is 22.4 Å². The van der Waals surface area contributed by atoms with Gasteiger partial charge in [-0.1, -0.05) is 31.2 Å². The smallest absolute Gasteiger partial charge is 0.150 e. The Morgan fingerprint density at radius 3 is 2.42 bits per heavy atom. The Morgan fingerprint density at radius 2 is 1.73 bits per heavy atom. The van der Waals surface area contributed by atoms with E-state index in [1.54, 1.807) is 18.2 Å². The van der Waals surface area contributed by atoms with Crippen molar-refractivity contribution < 1.29 is 23.8 Å². The first-order valence-electron chi connectivity index (χ1n) is 12.8. The van der Waals surface area contributed by atoms with Crippen molar-refractivity contribution in [3.05, 3.63) is 83.4 Å². The summed E-state index contributed by atoms with van der Waals surface area (Å²) in [4.78, 5) is 2.35. The third-order valence-electron chi connectivity index (χ3n) is 6.14. The molecule has 0 aromatic heterocycles. The number of likely N-dealkylation sites (tertiary alicyclic amines) is 1. The maximum Gasteiger partial charge on any atom is 0.150 e. The zero-order valence-corrected chi connectivity index (χ0v) is 18.5. The van der Waals surface area contributed by atoms with E-state index in [9.17, 15) is 10.2 Å². The van der Waals surface area contributed by atoms with Crippen LogP contribution >= 0.6 is 0 Å². The highest BCUT2D eigenvalue weighted by molar-refractivity contribution is 5.95. The number of benzene rings is 3. The number of aromatic hydroxyl groups is 2. The number of phenols is 2. The summed E-state index contributed by atoms with van der Waals surface area (Å²) in [5, 5.41) is 19.9. The zero-order valence-electron chi connectivity index (χ0n) is 21.5. The van der Waals surface area contributed by atoms with Crippen molar-refractivity contribution in [2.75, 3.05) is 19.6 Å². The monoisotopic (exact) mass is 446 g/mol. The van der Waals surface area contributed by atoms with Crippen molar-refractivity contribution in [2.24, 2.45) is 0 Å². The van der Waals surface area contributed by atoms with Crippen LogP contribution in [-0.2, 0) is 0 Å². The largest absolute Gasteiger partial charge is 0.508 e. The molecule has 1 unspecified atom stereocenters. The average Bonchev–Trinajstić information content (AvgIpc) is 2.82. The van der Waals surface area contributed by atoms with E-state index in [1.165, 1.54) is 24.3 Å². The number of allylic oxidation sites excluding steroid dienone is 1. The third kappa shape index (κ3) is 4.29. The first-order chi connectivity index (χ1) is 17.2. The lowest BCUT2D eigenvalue weighted by molar-refractivity contribution is 0.0202. The summed E-state index contributed by atoms with van der Waals surface area (Å²) in [5.74, 6) is 1.13. The van der Waals surface area contributed by atoms with Gasteiger partial charge < -0.3 is 19.7 Å². The van der Waals surface area contributed by atoms with Crippen LogP contribution in [0.2, 0.25) is 0 Å². The average molecular weight is 447 g/mol. The van der Waals surface area contributed by atoms with Gasteiger partial charge in [-0.05, 0) is 72.9 Å². The van der Waals surface area contributed by atoms with Gasteiger partial charge in [-0.2, -0.15) is 0 Å². The lowest BCUT2D eigenvalue weighted by Crippen LogP contribution is -2.53. The fraction of sp³-hybridized carbons (Fsp3) is 0.286. The van der Waals surface area contributed by atoms with Crippen LogP contribution in [0.15, 0.2) is 66.7 Å². The second-order valence-electron chi connectivity index (χ2n) is 8.58. The number of ether oxygens (including phenoxy) is 2. The molecule has 2 aliphatic heterocycles. The molecule has 3 aromatic rings. The summed E-state index contributed by atoms with van der Waals surface area (Å²) in [6.07, 6.45) is 0.550. The van der Waals surface area contributed by atoms with Crippen LogP contribution in [-0.4, -0.2) is 40.9 Å². The fourth-order valence-corrected chi connectivity index (χ4v) is 4.46. The summed E-state index contributed by atoms with van der Waals surface area (Å²) >= 11 is 0. The van der Waals surface area contributed by atoms with Gasteiger partial charge in [0.2, 0.25) is 0 Å². The van der Waals surface area contributed by atoms with Crippen molar-refractivity contribution in [1.82, 2.24) is 4.90 Å². The Bertz CT molecular complexity index is 1260. The molecule has 1 saturated heterocycles. The van der Waals surface area contributed by atoms with E-state index >= 15 is 0 Å². The second-order valence-corrected chi connectivity index (χ2v) is 8.58. The molecule has 0 aliphatic carbocycles. The van der Waals surface area contributed by atoms with E-state index in [4.69, 9.17) is 13.6 Å². The third-order valence-corrected chi connectivity index (χ3v) is 6.14. The molecule has 3 aromatic carbocycles. The highest BCUT2D eigenvalue weighted by Crippen LogP contribution is 2.47. The van der Waals surface area contributed by atoms with Gasteiger partial charge in [-0.25, -0.2) is 0 Å². The van der Waals surface area contributed by atoms with Crippen LogP contribution in [0.5, 0.6) is 23.0 Å². The number of nitrogens with zero attached hydrogens (tertiary/aromatic N) is 1. The SMILES string of the molecule is [2H]C([2H])([2H])C1=C(c2ccc(O)cc2)C(c2ccc(OC3CN(CCC)C3)cc2)Oc2cc(O)ccc21. The quantitative estimate of drug-likeness (QED) is 0.513. The van der Waals surface area contributed by atoms with Crippen molar-refractivity contribution >= 4 is 11.1 Å². The maximum atomic E-state index is 10.1. The topological polar surface area (TPSA) is 62.2 Å². The number of hydrogen-bond donors (Lipinski definition) is 2. The normalized spacial score (nSPS) is 20.2.